The molecular formula is C41H58N4O18. The van der Waals surface area contributed by atoms with Gasteiger partial charge < -0.3 is 61.4 Å². The van der Waals surface area contributed by atoms with Crippen molar-refractivity contribution in [2.75, 3.05) is 66.6 Å². The molecule has 3 aromatic rings. The number of carboxylic acids is 7. The van der Waals surface area contributed by atoms with Gasteiger partial charge in [0.05, 0.1) is 40.4 Å². The molecule has 0 unspecified atom stereocenters. The first-order valence-corrected chi connectivity index (χ1v) is 18.3. The minimum atomic E-state index is -1.47. The van der Waals surface area contributed by atoms with Gasteiger partial charge in [-0.25, -0.2) is 0 Å². The van der Waals surface area contributed by atoms with E-state index in [9.17, 15) is 24.3 Å². The lowest BCUT2D eigenvalue weighted by Crippen LogP contribution is -2.45. The van der Waals surface area contributed by atoms with Gasteiger partial charge in [-0.05, 0) is 24.3 Å². The number of nitrogens with zero attached hydrogens (tertiary/aromatic N) is 2. The number of hydrogen-bond acceptors (Lipinski definition) is 15. The van der Waals surface area contributed by atoms with Crippen LogP contribution >= 0.6 is 0 Å². The summed E-state index contributed by atoms with van der Waals surface area (Å²) in [6.45, 7) is 3.15. The van der Waals surface area contributed by atoms with E-state index in [1.54, 1.807) is 60.7 Å². The first kappa shape index (κ1) is 60.2. The van der Waals surface area contributed by atoms with Crippen LogP contribution in [0.2, 0.25) is 0 Å². The SMILES string of the molecule is CC(=O)O.CC(=O)O.CC(=O)O.CC(=O)O.COc1ccc(C(OC(=O)CN(CCN(CC(=O)O)CC(=O)O)CC(=O)O)(c2ccccc2)c2ccc(OC)cc2)cc1.NCCN. The minimum absolute atomic E-state index is 0.106. The van der Waals surface area contributed by atoms with Gasteiger partial charge in [-0.15, -0.1) is 0 Å². The third kappa shape index (κ3) is 31.4. The number of ether oxygens (including phenoxy) is 3. The molecule has 0 saturated carbocycles. The fourth-order valence-electron chi connectivity index (χ4n) is 4.67. The van der Waals surface area contributed by atoms with Gasteiger partial charge >= 0.3 is 23.9 Å². The highest BCUT2D eigenvalue weighted by Crippen LogP contribution is 2.41. The molecule has 0 aromatic heterocycles. The number of benzene rings is 3. The van der Waals surface area contributed by atoms with Crippen molar-refractivity contribution in [2.24, 2.45) is 11.5 Å². The summed E-state index contributed by atoms with van der Waals surface area (Å²) >= 11 is 0. The molecule has 0 bridgehead atoms. The molecule has 0 atom stereocenters. The highest BCUT2D eigenvalue weighted by molar-refractivity contribution is 5.76. The van der Waals surface area contributed by atoms with Crippen LogP contribution in [0.15, 0.2) is 78.9 Å². The lowest BCUT2D eigenvalue weighted by Gasteiger charge is -2.36. The Morgan fingerprint density at radius 1 is 0.476 bits per heavy atom. The summed E-state index contributed by atoms with van der Waals surface area (Å²) in [5, 5.41) is 57.4. The number of methoxy groups -OCH3 is 2. The Morgan fingerprint density at radius 3 is 1.00 bits per heavy atom. The number of hydrogen-bond donors (Lipinski definition) is 9. The Labute approximate surface area is 363 Å². The zero-order chi connectivity index (χ0) is 49.1. The molecule has 0 saturated heterocycles. The zero-order valence-corrected chi connectivity index (χ0v) is 35.8. The lowest BCUT2D eigenvalue weighted by molar-refractivity contribution is -0.156. The fourth-order valence-corrected chi connectivity index (χ4v) is 4.67. The van der Waals surface area contributed by atoms with Gasteiger partial charge in [0.2, 0.25) is 0 Å². The molecule has 22 nitrogen and oxygen atoms in total. The molecular weight excluding hydrogens is 836 g/mol. The number of carbonyl (C=O) groups is 8. The summed E-state index contributed by atoms with van der Waals surface area (Å²) in [7, 11) is 3.07. The maximum absolute atomic E-state index is 13.7. The van der Waals surface area contributed by atoms with Crippen molar-refractivity contribution in [3.63, 3.8) is 0 Å². The molecule has 0 aliphatic heterocycles. The van der Waals surface area contributed by atoms with Crippen molar-refractivity contribution in [3.05, 3.63) is 95.6 Å². The van der Waals surface area contributed by atoms with Gasteiger partial charge in [0.25, 0.3) is 23.9 Å². The molecule has 0 radical (unpaired) electrons. The molecule has 0 spiro atoms. The Bertz CT molecular complexity index is 1700. The quantitative estimate of drug-likeness (QED) is 0.0647. The van der Waals surface area contributed by atoms with E-state index in [4.69, 9.17) is 75.5 Å². The zero-order valence-electron chi connectivity index (χ0n) is 35.8. The highest BCUT2D eigenvalue weighted by Gasteiger charge is 2.41. The first-order chi connectivity index (χ1) is 29.4. The Hall–Kier alpha value is -7.14. The van der Waals surface area contributed by atoms with Crippen molar-refractivity contribution in [1.82, 2.24) is 9.80 Å². The van der Waals surface area contributed by atoms with E-state index in [2.05, 4.69) is 0 Å². The molecule has 3 aromatic carbocycles. The summed E-state index contributed by atoms with van der Waals surface area (Å²) in [5.74, 6) is -6.62. The molecule has 0 fully saturated rings. The largest absolute Gasteiger partial charge is 0.497 e. The Kier molecular flexibility index (Phi) is 33.0. The summed E-state index contributed by atoms with van der Waals surface area (Å²) in [5.41, 5.74) is 10.1. The molecule has 63 heavy (non-hydrogen) atoms. The van der Waals surface area contributed by atoms with E-state index < -0.39 is 79.5 Å². The summed E-state index contributed by atoms with van der Waals surface area (Å²) in [4.78, 5) is 86.1. The third-order valence-electron chi connectivity index (χ3n) is 6.77. The highest BCUT2D eigenvalue weighted by atomic mass is 16.6. The van der Waals surface area contributed by atoms with E-state index in [0.29, 0.717) is 41.3 Å². The molecule has 22 heteroatoms. The van der Waals surface area contributed by atoms with Crippen LogP contribution in [-0.4, -0.2) is 160 Å². The van der Waals surface area contributed by atoms with E-state index in [1.807, 2.05) is 18.2 Å². The van der Waals surface area contributed by atoms with Gasteiger partial charge in [-0.2, -0.15) is 0 Å². The Morgan fingerprint density at radius 2 is 0.746 bits per heavy atom. The smallest absolute Gasteiger partial charge is 0.321 e. The number of aliphatic carboxylic acids is 7. The number of nitrogens with two attached hydrogens (primary N) is 2. The van der Waals surface area contributed by atoms with Crippen molar-refractivity contribution in [1.29, 1.82) is 0 Å². The van der Waals surface area contributed by atoms with E-state index in [1.165, 1.54) is 19.1 Å². The van der Waals surface area contributed by atoms with Crippen LogP contribution in [-0.2, 0) is 48.7 Å². The van der Waals surface area contributed by atoms with E-state index >= 15 is 0 Å². The number of carbonyl (C=O) groups excluding carboxylic acids is 1. The molecule has 0 aliphatic rings. The summed E-state index contributed by atoms with van der Waals surface area (Å²) in [6.07, 6.45) is 0. The van der Waals surface area contributed by atoms with E-state index in [0.717, 1.165) is 32.6 Å². The second-order valence-corrected chi connectivity index (χ2v) is 12.2. The average molecular weight is 895 g/mol. The molecule has 350 valence electrons. The predicted molar refractivity (Wildman–Crippen MR) is 226 cm³/mol. The molecule has 0 heterocycles. The molecule has 3 rings (SSSR count). The van der Waals surface area contributed by atoms with Gasteiger partial charge in [-0.3, -0.25) is 48.2 Å². The van der Waals surface area contributed by atoms with Crippen LogP contribution in [0.5, 0.6) is 11.5 Å². The van der Waals surface area contributed by atoms with Crippen LogP contribution in [0.25, 0.3) is 0 Å². The lowest BCUT2D eigenvalue weighted by atomic mass is 9.80. The molecule has 11 N–H and O–H groups in total. The molecule has 0 aliphatic carbocycles. The van der Waals surface area contributed by atoms with Crippen LogP contribution in [0.4, 0.5) is 0 Å². The second-order valence-electron chi connectivity index (χ2n) is 12.2. The minimum Gasteiger partial charge on any atom is -0.497 e. The second kappa shape index (κ2) is 34.6. The molecule has 0 amide bonds. The maximum Gasteiger partial charge on any atom is 0.321 e. The van der Waals surface area contributed by atoms with Crippen molar-refractivity contribution in [2.45, 2.75) is 33.3 Å². The predicted octanol–water partition coefficient (Wildman–Crippen LogP) is 1.66. The average Bonchev–Trinajstić information content (AvgIpc) is 3.18. The van der Waals surface area contributed by atoms with Crippen molar-refractivity contribution < 1.29 is 88.3 Å². The van der Waals surface area contributed by atoms with Crippen LogP contribution in [0.3, 0.4) is 0 Å². The number of esters is 1. The van der Waals surface area contributed by atoms with Gasteiger partial charge in [0.1, 0.15) is 11.5 Å². The Balaban J connectivity index is -0.00000150. The van der Waals surface area contributed by atoms with Gasteiger partial charge in [-0.1, -0.05) is 54.6 Å². The topological polar surface area (TPSA) is 364 Å². The van der Waals surface area contributed by atoms with Crippen LogP contribution < -0.4 is 20.9 Å². The van der Waals surface area contributed by atoms with Crippen LogP contribution in [0.1, 0.15) is 44.4 Å². The van der Waals surface area contributed by atoms with Gasteiger partial charge in [0.15, 0.2) is 5.60 Å². The fraction of sp³-hybridized carbons (Fsp3) is 0.366. The number of carboxylic acid groups (broad SMARTS) is 7. The third-order valence-corrected chi connectivity index (χ3v) is 6.77. The number of rotatable bonds is 18. The van der Waals surface area contributed by atoms with Crippen molar-refractivity contribution >= 4 is 47.8 Å². The summed E-state index contributed by atoms with van der Waals surface area (Å²) < 4.78 is 17.0. The van der Waals surface area contributed by atoms with Crippen molar-refractivity contribution in [3.8, 4) is 11.5 Å². The maximum atomic E-state index is 13.7. The normalized spacial score (nSPS) is 9.75. The van der Waals surface area contributed by atoms with Gasteiger partial charge in [0, 0.05) is 70.6 Å². The van der Waals surface area contributed by atoms with E-state index in [-0.39, 0.29) is 13.1 Å². The summed E-state index contributed by atoms with van der Waals surface area (Å²) in [6, 6.07) is 23.1. The first-order valence-electron chi connectivity index (χ1n) is 18.3. The van der Waals surface area contributed by atoms with Crippen LogP contribution in [0, 0.1) is 0 Å². The standard InChI is InChI=1S/C31H34N2O10.C2H8N2.4C2H4O2/c1-41-25-12-8-23(9-13-25)31(22-6-4-3-5-7-22,24-10-14-26(42-2)15-11-24)43-30(40)21-33(20-29(38)39)17-16-32(18-27(34)35)19-28(36)37;3-1-2-4;4*1-2(3)4/h3-15H,16-21H2,1-2H3,(H,34,35)(H,36,37)(H,38,39);1-4H2;4*1H3,(H,3,4). The monoisotopic (exact) mass is 894 g/mol.